The van der Waals surface area contributed by atoms with Crippen molar-refractivity contribution in [1.82, 2.24) is 34.5 Å². The first-order valence-electron chi connectivity index (χ1n) is 11.0. The van der Waals surface area contributed by atoms with Crippen LogP contribution in [0.2, 0.25) is 0 Å². The highest BCUT2D eigenvalue weighted by Crippen LogP contribution is 2.35. The Morgan fingerprint density at radius 2 is 2.20 bits per heavy atom. The molecule has 0 bridgehead atoms. The van der Waals surface area contributed by atoms with Gasteiger partial charge in [-0.25, -0.2) is 14.0 Å². The van der Waals surface area contributed by atoms with E-state index < -0.39 is 7.04 Å². The molecule has 1 amide bonds. The van der Waals surface area contributed by atoms with Gasteiger partial charge in [0.05, 0.1) is 11.2 Å². The quantitative estimate of drug-likeness (QED) is 0.518. The molecule has 1 saturated carbocycles. The van der Waals surface area contributed by atoms with Gasteiger partial charge in [0.25, 0.3) is 0 Å². The van der Waals surface area contributed by atoms with Crippen LogP contribution in [0.15, 0.2) is 36.9 Å². The van der Waals surface area contributed by atoms with E-state index in [1.54, 1.807) is 21.4 Å². The second-order valence-corrected chi connectivity index (χ2v) is 7.84. The number of ether oxygens (including phenoxy) is 1. The zero-order valence-electron chi connectivity index (χ0n) is 19.5. The van der Waals surface area contributed by atoms with E-state index in [2.05, 4.69) is 30.8 Å². The molecule has 4 aromatic heterocycles. The summed E-state index contributed by atoms with van der Waals surface area (Å²) in [5, 5.41) is 14.8. The molecule has 10 nitrogen and oxygen atoms in total. The second kappa shape index (κ2) is 6.68. The van der Waals surface area contributed by atoms with Crippen LogP contribution in [-0.2, 0) is 4.79 Å². The molecule has 10 heteroatoms. The van der Waals surface area contributed by atoms with Gasteiger partial charge in [0.2, 0.25) is 17.7 Å². The maximum absolute atomic E-state index is 11.4. The summed E-state index contributed by atoms with van der Waals surface area (Å²) in [6.07, 6.45) is 6.35. The smallest absolute Gasteiger partial charge is 0.244 e. The average molecular weight is 409 g/mol. The van der Waals surface area contributed by atoms with Crippen LogP contribution in [0.3, 0.4) is 0 Å². The van der Waals surface area contributed by atoms with Crippen molar-refractivity contribution in [3.8, 4) is 17.0 Å². The van der Waals surface area contributed by atoms with Crippen LogP contribution in [0, 0.1) is 0 Å². The third kappa shape index (κ3) is 3.10. The highest BCUT2D eigenvalue weighted by Gasteiger charge is 2.41. The Labute approximate surface area is 176 Å². The number of nitrogens with one attached hydrogen (secondary N) is 2. The number of anilines is 1. The molecule has 0 spiro atoms. The number of methoxy groups -OCH3 is 1. The Bertz CT molecular complexity index is 1360. The van der Waals surface area contributed by atoms with Crippen molar-refractivity contribution in [2.75, 3.05) is 12.4 Å². The van der Waals surface area contributed by atoms with E-state index in [0.717, 1.165) is 5.56 Å². The molecule has 0 aromatic carbocycles. The van der Waals surface area contributed by atoms with Gasteiger partial charge in [-0.2, -0.15) is 10.1 Å². The maximum atomic E-state index is 11.4. The van der Waals surface area contributed by atoms with E-state index in [0.29, 0.717) is 29.6 Å². The normalized spacial score (nSPS) is 22.7. The summed E-state index contributed by atoms with van der Waals surface area (Å²) in [5.41, 5.74) is 2.30. The van der Waals surface area contributed by atoms with Crippen LogP contribution in [0.25, 0.3) is 22.3 Å². The van der Waals surface area contributed by atoms with Gasteiger partial charge in [-0.15, -0.1) is 5.10 Å². The van der Waals surface area contributed by atoms with Crippen LogP contribution >= 0.6 is 0 Å². The van der Waals surface area contributed by atoms with Gasteiger partial charge < -0.3 is 15.4 Å². The number of carbonyl (C=O) groups is 1. The van der Waals surface area contributed by atoms with Crippen molar-refractivity contribution in [3.05, 3.63) is 36.9 Å². The Kier molecular flexibility index (Phi) is 3.38. The Morgan fingerprint density at radius 3 is 3.00 bits per heavy atom. The van der Waals surface area contributed by atoms with Crippen molar-refractivity contribution in [3.63, 3.8) is 0 Å². The van der Waals surface area contributed by atoms with Crippen molar-refractivity contribution >= 4 is 23.0 Å². The molecular formula is C20H22N8O2. The average Bonchev–Trinajstić information content (AvgIpc) is 3.31. The molecular weight excluding hydrogens is 384 g/mol. The zero-order chi connectivity index (χ0) is 23.4. The molecule has 1 fully saturated rings. The van der Waals surface area contributed by atoms with Gasteiger partial charge in [0.15, 0.2) is 5.65 Å². The SMILES string of the molecule is [2H]C([2H])([2H])Oc1nc(NC2CC(C)(NC(C)=O)C2)nn2ccc(-c3ccc4ncnn4c3)c12. The molecule has 0 saturated heterocycles. The Morgan fingerprint density at radius 1 is 1.33 bits per heavy atom. The van der Waals surface area contributed by atoms with Crippen molar-refractivity contribution in [2.24, 2.45) is 0 Å². The zero-order valence-corrected chi connectivity index (χ0v) is 16.5. The standard InChI is InChI=1S/C20H22N8O2/c1-12(29)25-20(2)8-14(9-20)23-19-24-18(30-3)17-15(6-7-27(17)26-19)13-4-5-16-21-11-22-28(16)10-13/h4-7,10-11,14H,8-9H2,1-3H3,(H,23,26)(H,25,29)/i3D3. The van der Waals surface area contributed by atoms with Crippen LogP contribution in [0.1, 0.15) is 30.8 Å². The predicted octanol–water partition coefficient (Wildman–Crippen LogP) is 1.92. The van der Waals surface area contributed by atoms with Crippen molar-refractivity contribution < 1.29 is 13.6 Å². The Hall–Kier alpha value is -3.69. The summed E-state index contributed by atoms with van der Waals surface area (Å²) >= 11 is 0. The van der Waals surface area contributed by atoms with Gasteiger partial charge in [-0.3, -0.25) is 4.79 Å². The van der Waals surface area contributed by atoms with Gasteiger partial charge in [0, 0.05) is 42.0 Å². The molecule has 0 aliphatic heterocycles. The third-order valence-electron chi connectivity index (χ3n) is 5.37. The molecule has 154 valence electrons. The monoisotopic (exact) mass is 409 g/mol. The third-order valence-corrected chi connectivity index (χ3v) is 5.37. The number of aromatic nitrogens is 6. The topological polar surface area (TPSA) is 111 Å². The predicted molar refractivity (Wildman–Crippen MR) is 110 cm³/mol. The fraction of sp³-hybridized carbons (Fsp3) is 0.350. The molecule has 0 atom stereocenters. The summed E-state index contributed by atoms with van der Waals surface area (Å²) < 4.78 is 31.2. The number of nitrogens with zero attached hydrogens (tertiary/aromatic N) is 6. The second-order valence-electron chi connectivity index (χ2n) is 7.84. The van der Waals surface area contributed by atoms with E-state index in [1.807, 2.05) is 25.1 Å². The highest BCUT2D eigenvalue weighted by molar-refractivity contribution is 5.84. The van der Waals surface area contributed by atoms with Crippen LogP contribution in [-0.4, -0.2) is 53.7 Å². The highest BCUT2D eigenvalue weighted by atomic mass is 16.5. The lowest BCUT2D eigenvalue weighted by atomic mass is 9.74. The first-order chi connectivity index (χ1) is 15.6. The lowest BCUT2D eigenvalue weighted by Gasteiger charge is -2.45. The van der Waals surface area contributed by atoms with E-state index in [4.69, 9.17) is 8.85 Å². The van der Waals surface area contributed by atoms with Crippen molar-refractivity contribution in [1.29, 1.82) is 0 Å². The van der Waals surface area contributed by atoms with Crippen molar-refractivity contribution in [2.45, 2.75) is 38.3 Å². The number of hydrogen-bond donors (Lipinski definition) is 2. The van der Waals surface area contributed by atoms with Gasteiger partial charge >= 0.3 is 0 Å². The molecule has 1 aliphatic carbocycles. The summed E-state index contributed by atoms with van der Waals surface area (Å²) in [7, 11) is -2.69. The summed E-state index contributed by atoms with van der Waals surface area (Å²) in [6, 6.07) is 5.53. The van der Waals surface area contributed by atoms with Gasteiger partial charge in [0.1, 0.15) is 11.8 Å². The molecule has 2 N–H and O–H groups in total. The number of amides is 1. The van der Waals surface area contributed by atoms with E-state index in [9.17, 15) is 4.79 Å². The molecule has 5 rings (SSSR count). The van der Waals surface area contributed by atoms with Gasteiger partial charge in [-0.05, 0) is 38.0 Å². The van der Waals surface area contributed by atoms with E-state index in [1.165, 1.54) is 13.3 Å². The molecule has 1 aliphatic rings. The van der Waals surface area contributed by atoms with Gasteiger partial charge in [-0.1, -0.05) is 0 Å². The number of fused-ring (bicyclic) bond motifs is 2. The van der Waals surface area contributed by atoms with Crippen LogP contribution < -0.4 is 15.4 Å². The summed E-state index contributed by atoms with van der Waals surface area (Å²) in [6.45, 7) is 3.47. The minimum atomic E-state index is -2.69. The number of hydrogen-bond acceptors (Lipinski definition) is 7. The van der Waals surface area contributed by atoms with Crippen LogP contribution in [0.4, 0.5) is 5.95 Å². The maximum Gasteiger partial charge on any atom is 0.244 e. The number of pyridine rings is 1. The summed E-state index contributed by atoms with van der Waals surface area (Å²) in [5.74, 6) is 0.103. The lowest BCUT2D eigenvalue weighted by molar-refractivity contribution is -0.121. The number of rotatable bonds is 5. The molecule has 0 unspecified atom stereocenters. The first kappa shape index (κ1) is 15.2. The summed E-state index contributed by atoms with van der Waals surface area (Å²) in [4.78, 5) is 19.9. The molecule has 30 heavy (non-hydrogen) atoms. The lowest BCUT2D eigenvalue weighted by Crippen LogP contribution is -2.59. The molecule has 4 aromatic rings. The Balaban J connectivity index is 1.50. The number of carbonyl (C=O) groups excluding carboxylic acids is 1. The first-order valence-corrected chi connectivity index (χ1v) is 9.52. The minimum absolute atomic E-state index is 0.0321. The fourth-order valence-electron chi connectivity index (χ4n) is 4.17. The van der Waals surface area contributed by atoms with E-state index in [-0.39, 0.29) is 29.3 Å². The fourth-order valence-corrected chi connectivity index (χ4v) is 4.17. The largest absolute Gasteiger partial charge is 0.479 e. The van der Waals surface area contributed by atoms with Crippen LogP contribution in [0.5, 0.6) is 5.88 Å². The minimum Gasteiger partial charge on any atom is -0.479 e. The molecule has 0 radical (unpaired) electrons. The van der Waals surface area contributed by atoms with E-state index >= 15 is 0 Å². The molecule has 4 heterocycles.